The van der Waals surface area contributed by atoms with Crippen molar-refractivity contribution in [3.05, 3.63) is 64.2 Å². The van der Waals surface area contributed by atoms with E-state index >= 15 is 0 Å². The van der Waals surface area contributed by atoms with Crippen LogP contribution < -0.4 is 10.1 Å². The Morgan fingerprint density at radius 1 is 1.26 bits per heavy atom. The summed E-state index contributed by atoms with van der Waals surface area (Å²) in [7, 11) is 1.33. The first-order valence-corrected chi connectivity index (χ1v) is 9.23. The maximum absolute atomic E-state index is 11.2. The summed E-state index contributed by atoms with van der Waals surface area (Å²) in [5.41, 5.74) is 2.91. The quantitative estimate of drug-likeness (QED) is 0.641. The summed E-state index contributed by atoms with van der Waals surface area (Å²) in [5.74, 6) is 0.260. The fraction of sp³-hybridized carbons (Fsp3) is 0.381. The molecule has 2 N–H and O–H groups in total. The zero-order valence-electron chi connectivity index (χ0n) is 15.9. The molecule has 2 aromatic rings. The second kappa shape index (κ2) is 10.3. The van der Waals surface area contributed by atoms with Gasteiger partial charge in [0.15, 0.2) is 6.61 Å². The van der Waals surface area contributed by atoms with Crippen LogP contribution in [0.5, 0.6) is 5.75 Å². The topological polar surface area (TPSA) is 67.8 Å². The summed E-state index contributed by atoms with van der Waals surface area (Å²) >= 11 is 5.97. The van der Waals surface area contributed by atoms with Crippen LogP contribution >= 0.6 is 11.6 Å². The predicted molar refractivity (Wildman–Crippen MR) is 106 cm³/mol. The largest absolute Gasteiger partial charge is 0.482 e. The normalized spacial score (nSPS) is 13.1. The van der Waals surface area contributed by atoms with Crippen LogP contribution in [0, 0.1) is 6.92 Å². The number of rotatable bonds is 9. The molecule has 0 saturated carbocycles. The number of carbonyl (C=O) groups excluding carboxylic acids is 1. The number of ether oxygens (including phenoxy) is 2. The van der Waals surface area contributed by atoms with Gasteiger partial charge in [0.05, 0.1) is 13.2 Å². The molecule has 5 nitrogen and oxygen atoms in total. The maximum atomic E-state index is 11.2. The lowest BCUT2D eigenvalue weighted by molar-refractivity contribution is -0.142. The van der Waals surface area contributed by atoms with E-state index in [1.54, 1.807) is 12.1 Å². The molecule has 0 amide bonds. The average molecular weight is 392 g/mol. The van der Waals surface area contributed by atoms with Gasteiger partial charge in [-0.1, -0.05) is 35.9 Å². The number of methoxy groups -OCH3 is 1. The second-order valence-electron chi connectivity index (χ2n) is 6.55. The Morgan fingerprint density at radius 3 is 2.70 bits per heavy atom. The highest BCUT2D eigenvalue weighted by Gasteiger charge is 2.11. The summed E-state index contributed by atoms with van der Waals surface area (Å²) in [5, 5.41) is 14.2. The molecule has 0 aliphatic rings. The highest BCUT2D eigenvalue weighted by Crippen LogP contribution is 2.21. The van der Waals surface area contributed by atoms with Crippen LogP contribution in [0.25, 0.3) is 0 Å². The summed E-state index contributed by atoms with van der Waals surface area (Å²) in [6.45, 7) is 4.36. The first kappa shape index (κ1) is 21.2. The molecule has 0 aliphatic carbocycles. The summed E-state index contributed by atoms with van der Waals surface area (Å²) in [6, 6.07) is 13.3. The molecular weight excluding hydrogens is 366 g/mol. The first-order valence-electron chi connectivity index (χ1n) is 8.85. The first-order chi connectivity index (χ1) is 12.9. The third-order valence-corrected chi connectivity index (χ3v) is 4.48. The number of carbonyl (C=O) groups is 1. The van der Waals surface area contributed by atoms with Crippen molar-refractivity contribution in [2.75, 3.05) is 20.3 Å². The van der Waals surface area contributed by atoms with Crippen molar-refractivity contribution in [2.24, 2.45) is 0 Å². The third kappa shape index (κ3) is 6.86. The van der Waals surface area contributed by atoms with Gasteiger partial charge in [0, 0.05) is 17.6 Å². The lowest BCUT2D eigenvalue weighted by Gasteiger charge is -2.18. The van der Waals surface area contributed by atoms with Crippen LogP contribution in [0.15, 0.2) is 42.5 Å². The fourth-order valence-electron chi connectivity index (χ4n) is 2.77. The smallest absolute Gasteiger partial charge is 0.343 e. The number of aliphatic hydroxyl groups is 1. The molecule has 0 aliphatic heterocycles. The highest BCUT2D eigenvalue weighted by atomic mass is 35.5. The zero-order chi connectivity index (χ0) is 19.8. The molecular formula is C21H26ClNO4. The molecule has 2 unspecified atom stereocenters. The number of hydrogen-bond acceptors (Lipinski definition) is 5. The summed E-state index contributed by atoms with van der Waals surface area (Å²) < 4.78 is 10.0. The summed E-state index contributed by atoms with van der Waals surface area (Å²) in [4.78, 5) is 11.2. The van der Waals surface area contributed by atoms with Gasteiger partial charge in [0.25, 0.3) is 0 Å². The van der Waals surface area contributed by atoms with Gasteiger partial charge in [-0.2, -0.15) is 0 Å². The van der Waals surface area contributed by atoms with Crippen molar-refractivity contribution in [3.63, 3.8) is 0 Å². The standard InChI is InChI=1S/C21H26ClNO4/c1-14-9-16(7-8-20(14)27-13-21(25)26-3)10-15(2)23-12-19(24)17-5-4-6-18(22)11-17/h4-9,11,15,19,23-24H,10,12-13H2,1-3H3. The van der Waals surface area contributed by atoms with Crippen molar-refractivity contribution in [1.29, 1.82) is 0 Å². The van der Waals surface area contributed by atoms with Crippen LogP contribution in [0.4, 0.5) is 0 Å². The van der Waals surface area contributed by atoms with Crippen molar-refractivity contribution in [3.8, 4) is 5.75 Å². The number of aryl methyl sites for hydroxylation is 1. The lowest BCUT2D eigenvalue weighted by Crippen LogP contribution is -2.32. The summed E-state index contributed by atoms with van der Waals surface area (Å²) in [6.07, 6.45) is 0.197. The van der Waals surface area contributed by atoms with Gasteiger partial charge in [-0.15, -0.1) is 0 Å². The molecule has 2 aromatic carbocycles. The monoisotopic (exact) mass is 391 g/mol. The Hall–Kier alpha value is -2.08. The molecule has 0 saturated heterocycles. The Morgan fingerprint density at radius 2 is 2.04 bits per heavy atom. The molecule has 146 valence electrons. The molecule has 6 heteroatoms. The minimum atomic E-state index is -0.609. The number of nitrogens with one attached hydrogen (secondary N) is 1. The van der Waals surface area contributed by atoms with Gasteiger partial charge in [-0.05, 0) is 55.2 Å². The minimum Gasteiger partial charge on any atom is -0.482 e. The molecule has 0 spiro atoms. The molecule has 0 heterocycles. The van der Waals surface area contributed by atoms with Gasteiger partial charge < -0.3 is 19.9 Å². The van der Waals surface area contributed by atoms with Gasteiger partial charge in [0.1, 0.15) is 5.75 Å². The lowest BCUT2D eigenvalue weighted by atomic mass is 10.0. The molecule has 27 heavy (non-hydrogen) atoms. The Labute approximate surface area is 165 Å². The number of halogens is 1. The van der Waals surface area contributed by atoms with E-state index in [1.165, 1.54) is 7.11 Å². The number of benzene rings is 2. The van der Waals surface area contributed by atoms with Crippen LogP contribution in [0.1, 0.15) is 29.7 Å². The molecule has 0 fully saturated rings. The van der Waals surface area contributed by atoms with E-state index in [4.69, 9.17) is 16.3 Å². The predicted octanol–water partition coefficient (Wildman–Crippen LogP) is 3.45. The van der Waals surface area contributed by atoms with Crippen LogP contribution in [-0.4, -0.2) is 37.4 Å². The van der Waals surface area contributed by atoms with Gasteiger partial charge in [-0.3, -0.25) is 0 Å². The van der Waals surface area contributed by atoms with E-state index in [1.807, 2.05) is 37.3 Å². The minimum absolute atomic E-state index is 0.101. The molecule has 0 bridgehead atoms. The van der Waals surface area contributed by atoms with E-state index in [-0.39, 0.29) is 12.6 Å². The van der Waals surface area contributed by atoms with E-state index in [0.717, 1.165) is 23.1 Å². The average Bonchev–Trinajstić information content (AvgIpc) is 2.65. The van der Waals surface area contributed by atoms with Crippen LogP contribution in [0.2, 0.25) is 5.02 Å². The van der Waals surface area contributed by atoms with E-state index in [0.29, 0.717) is 17.3 Å². The van der Waals surface area contributed by atoms with E-state index in [9.17, 15) is 9.90 Å². The van der Waals surface area contributed by atoms with Gasteiger partial charge in [0.2, 0.25) is 0 Å². The number of aliphatic hydroxyl groups excluding tert-OH is 1. The van der Waals surface area contributed by atoms with Crippen LogP contribution in [-0.2, 0) is 16.0 Å². The van der Waals surface area contributed by atoms with Crippen LogP contribution in [0.3, 0.4) is 0 Å². The van der Waals surface area contributed by atoms with Crippen molar-refractivity contribution < 1.29 is 19.4 Å². The SMILES string of the molecule is COC(=O)COc1ccc(CC(C)NCC(O)c2cccc(Cl)c2)cc1C. The van der Waals surface area contributed by atoms with Crippen molar-refractivity contribution in [1.82, 2.24) is 5.32 Å². The number of esters is 1. The number of hydrogen-bond donors (Lipinski definition) is 2. The van der Waals surface area contributed by atoms with Gasteiger partial charge >= 0.3 is 5.97 Å². The molecule has 0 aromatic heterocycles. The van der Waals surface area contributed by atoms with Crippen molar-refractivity contribution >= 4 is 17.6 Å². The molecule has 2 atom stereocenters. The van der Waals surface area contributed by atoms with Crippen molar-refractivity contribution in [2.45, 2.75) is 32.4 Å². The Balaban J connectivity index is 1.85. The zero-order valence-corrected chi connectivity index (χ0v) is 16.6. The Bertz CT molecular complexity index is 766. The molecule has 0 radical (unpaired) electrons. The van der Waals surface area contributed by atoms with Gasteiger partial charge in [-0.25, -0.2) is 4.79 Å². The maximum Gasteiger partial charge on any atom is 0.343 e. The third-order valence-electron chi connectivity index (χ3n) is 4.25. The second-order valence-corrected chi connectivity index (χ2v) is 6.99. The molecule has 2 rings (SSSR count). The highest BCUT2D eigenvalue weighted by molar-refractivity contribution is 6.30. The van der Waals surface area contributed by atoms with E-state index < -0.39 is 12.1 Å². The van der Waals surface area contributed by atoms with E-state index in [2.05, 4.69) is 17.0 Å². The Kier molecular flexibility index (Phi) is 8.10. The fourth-order valence-corrected chi connectivity index (χ4v) is 2.96.